The molecule has 0 spiro atoms. The van der Waals surface area contributed by atoms with E-state index in [1.54, 1.807) is 23.5 Å². The third kappa shape index (κ3) is 3.54. The van der Waals surface area contributed by atoms with Gasteiger partial charge in [-0.2, -0.15) is 0 Å². The maximum Gasteiger partial charge on any atom is 0.339 e. The summed E-state index contributed by atoms with van der Waals surface area (Å²) in [6.07, 6.45) is 0.891. The zero-order valence-corrected chi connectivity index (χ0v) is 12.6. The molecule has 0 saturated heterocycles. The highest BCUT2D eigenvalue weighted by molar-refractivity contribution is 9.10. The molecule has 2 aromatic rings. The predicted octanol–water partition coefficient (Wildman–Crippen LogP) is 3.75. The van der Waals surface area contributed by atoms with Crippen LogP contribution in [0.3, 0.4) is 0 Å². The van der Waals surface area contributed by atoms with Crippen LogP contribution < -0.4 is 4.74 Å². The Morgan fingerprint density at radius 3 is 2.95 bits per heavy atom. The molecular weight excluding hydrogens is 330 g/mol. The van der Waals surface area contributed by atoms with Gasteiger partial charge in [-0.1, -0.05) is 22.9 Å². The van der Waals surface area contributed by atoms with Crippen LogP contribution in [0.15, 0.2) is 28.1 Å². The van der Waals surface area contributed by atoms with Crippen LogP contribution in [0.25, 0.3) is 0 Å². The number of thiazole rings is 1. The van der Waals surface area contributed by atoms with Crippen molar-refractivity contribution in [3.63, 3.8) is 0 Å². The third-order valence-electron chi connectivity index (χ3n) is 2.45. The van der Waals surface area contributed by atoms with E-state index in [0.717, 1.165) is 21.6 Å². The Labute approximate surface area is 123 Å². The molecular formula is C13H12BrNO3S. The maximum absolute atomic E-state index is 11.1. The van der Waals surface area contributed by atoms with Crippen molar-refractivity contribution in [3.8, 4) is 5.75 Å². The highest BCUT2D eigenvalue weighted by Crippen LogP contribution is 2.25. The van der Waals surface area contributed by atoms with Gasteiger partial charge in [0.15, 0.2) is 0 Å². The van der Waals surface area contributed by atoms with Gasteiger partial charge in [0.05, 0.1) is 10.7 Å². The van der Waals surface area contributed by atoms with Gasteiger partial charge in [0, 0.05) is 9.85 Å². The number of carboxylic acids is 1. The number of hydrogen-bond donors (Lipinski definition) is 1. The van der Waals surface area contributed by atoms with Gasteiger partial charge in [0.2, 0.25) is 0 Å². The average Bonchev–Trinajstić information content (AvgIpc) is 2.84. The van der Waals surface area contributed by atoms with E-state index in [-0.39, 0.29) is 12.2 Å². The molecule has 1 aromatic heterocycles. The molecule has 0 radical (unpaired) electrons. The fourth-order valence-electron chi connectivity index (χ4n) is 1.52. The van der Waals surface area contributed by atoms with Crippen LogP contribution in [0, 0.1) is 0 Å². The van der Waals surface area contributed by atoms with Gasteiger partial charge in [0.25, 0.3) is 0 Å². The van der Waals surface area contributed by atoms with Crippen LogP contribution in [-0.4, -0.2) is 16.1 Å². The van der Waals surface area contributed by atoms with Crippen LogP contribution in [0.2, 0.25) is 0 Å². The summed E-state index contributed by atoms with van der Waals surface area (Å²) >= 11 is 4.88. The van der Waals surface area contributed by atoms with Gasteiger partial charge in [-0.05, 0) is 24.6 Å². The van der Waals surface area contributed by atoms with Crippen molar-refractivity contribution in [1.82, 2.24) is 4.98 Å². The first kappa shape index (κ1) is 14.0. The molecule has 0 aliphatic carbocycles. The quantitative estimate of drug-likeness (QED) is 0.899. The largest absolute Gasteiger partial charge is 0.486 e. The second-order valence-corrected chi connectivity index (χ2v) is 5.68. The summed E-state index contributed by atoms with van der Waals surface area (Å²) in [6.45, 7) is 2.31. The summed E-state index contributed by atoms with van der Waals surface area (Å²) in [4.78, 5) is 15.5. The van der Waals surface area contributed by atoms with Gasteiger partial charge in [-0.3, -0.25) is 0 Å². The van der Waals surface area contributed by atoms with Crippen molar-refractivity contribution in [2.24, 2.45) is 0 Å². The van der Waals surface area contributed by atoms with Crippen molar-refractivity contribution in [2.75, 3.05) is 0 Å². The van der Waals surface area contributed by atoms with Gasteiger partial charge in [-0.25, -0.2) is 9.78 Å². The molecule has 6 heteroatoms. The molecule has 0 amide bonds. The standard InChI is InChI=1S/C13H12BrNO3S/c1-2-12-15-9(7-19-12)6-18-11-5-8(14)3-4-10(11)13(16)17/h3-5,7H,2,6H2,1H3,(H,16,17). The zero-order chi connectivity index (χ0) is 13.8. The number of carboxylic acid groups (broad SMARTS) is 1. The number of aryl methyl sites for hydroxylation is 1. The monoisotopic (exact) mass is 341 g/mol. The van der Waals surface area contributed by atoms with E-state index in [1.165, 1.54) is 6.07 Å². The van der Waals surface area contributed by atoms with Gasteiger partial charge >= 0.3 is 5.97 Å². The smallest absolute Gasteiger partial charge is 0.339 e. The van der Waals surface area contributed by atoms with Crippen LogP contribution >= 0.6 is 27.3 Å². The Hall–Kier alpha value is -1.40. The maximum atomic E-state index is 11.1. The van der Waals surface area contributed by atoms with E-state index >= 15 is 0 Å². The lowest BCUT2D eigenvalue weighted by atomic mass is 10.2. The molecule has 0 fully saturated rings. The minimum atomic E-state index is -1.00. The number of rotatable bonds is 5. The van der Waals surface area contributed by atoms with Gasteiger partial charge in [0.1, 0.15) is 17.9 Å². The van der Waals surface area contributed by atoms with Gasteiger partial charge in [-0.15, -0.1) is 11.3 Å². The normalized spacial score (nSPS) is 10.4. The first-order valence-electron chi connectivity index (χ1n) is 5.69. The number of aromatic nitrogens is 1. The molecule has 4 nitrogen and oxygen atoms in total. The Bertz CT molecular complexity index is 597. The number of hydrogen-bond acceptors (Lipinski definition) is 4. The SMILES string of the molecule is CCc1nc(COc2cc(Br)ccc2C(=O)O)cs1. The lowest BCUT2D eigenvalue weighted by Crippen LogP contribution is -2.03. The summed E-state index contributed by atoms with van der Waals surface area (Å²) < 4.78 is 6.33. The van der Waals surface area contributed by atoms with E-state index in [2.05, 4.69) is 20.9 Å². The van der Waals surface area contributed by atoms with Crippen molar-refractivity contribution in [1.29, 1.82) is 0 Å². The summed E-state index contributed by atoms with van der Waals surface area (Å²) in [6, 6.07) is 4.84. The second-order valence-electron chi connectivity index (χ2n) is 3.82. The molecule has 0 saturated carbocycles. The van der Waals surface area contributed by atoms with E-state index in [1.807, 2.05) is 12.3 Å². The number of aromatic carboxylic acids is 1. The lowest BCUT2D eigenvalue weighted by Gasteiger charge is -2.08. The second kappa shape index (κ2) is 6.16. The number of carbonyl (C=O) groups is 1. The first-order chi connectivity index (χ1) is 9.10. The van der Waals surface area contributed by atoms with Crippen LogP contribution in [0.1, 0.15) is 28.0 Å². The fourth-order valence-corrected chi connectivity index (χ4v) is 2.59. The van der Waals surface area contributed by atoms with Gasteiger partial charge < -0.3 is 9.84 Å². The lowest BCUT2D eigenvalue weighted by molar-refractivity contribution is 0.0691. The molecule has 1 heterocycles. The molecule has 0 aliphatic rings. The molecule has 100 valence electrons. The van der Waals surface area contributed by atoms with E-state index < -0.39 is 5.97 Å². The molecule has 0 bridgehead atoms. The number of nitrogens with zero attached hydrogens (tertiary/aromatic N) is 1. The molecule has 19 heavy (non-hydrogen) atoms. The Morgan fingerprint density at radius 2 is 2.32 bits per heavy atom. The number of ether oxygens (including phenoxy) is 1. The summed E-state index contributed by atoms with van der Waals surface area (Å²) in [5.74, 6) is -0.664. The molecule has 0 aliphatic heterocycles. The highest BCUT2D eigenvalue weighted by Gasteiger charge is 2.12. The van der Waals surface area contributed by atoms with Crippen LogP contribution in [0.4, 0.5) is 0 Å². The highest BCUT2D eigenvalue weighted by atomic mass is 79.9. The topological polar surface area (TPSA) is 59.4 Å². The molecule has 0 atom stereocenters. The number of halogens is 1. The van der Waals surface area contributed by atoms with Crippen molar-refractivity contribution in [3.05, 3.63) is 44.3 Å². The Kier molecular flexibility index (Phi) is 4.55. The summed E-state index contributed by atoms with van der Waals surface area (Å²) in [7, 11) is 0. The first-order valence-corrected chi connectivity index (χ1v) is 7.36. The van der Waals surface area contributed by atoms with Crippen molar-refractivity contribution >= 4 is 33.2 Å². The average molecular weight is 342 g/mol. The Morgan fingerprint density at radius 1 is 1.53 bits per heavy atom. The van der Waals surface area contributed by atoms with E-state index in [4.69, 9.17) is 9.84 Å². The molecule has 1 N–H and O–H groups in total. The van der Waals surface area contributed by atoms with E-state index in [0.29, 0.717) is 5.75 Å². The van der Waals surface area contributed by atoms with Crippen molar-refractivity contribution < 1.29 is 14.6 Å². The van der Waals surface area contributed by atoms with Crippen LogP contribution in [-0.2, 0) is 13.0 Å². The molecule has 0 unspecified atom stereocenters. The zero-order valence-electron chi connectivity index (χ0n) is 10.2. The van der Waals surface area contributed by atoms with E-state index in [9.17, 15) is 4.79 Å². The van der Waals surface area contributed by atoms with Crippen molar-refractivity contribution in [2.45, 2.75) is 20.0 Å². The minimum Gasteiger partial charge on any atom is -0.486 e. The minimum absolute atomic E-state index is 0.147. The van der Waals surface area contributed by atoms with Crippen LogP contribution in [0.5, 0.6) is 5.75 Å². The molecule has 1 aromatic carbocycles. The third-order valence-corrected chi connectivity index (χ3v) is 3.99. The molecule has 2 rings (SSSR count). The Balaban J connectivity index is 2.14. The summed E-state index contributed by atoms with van der Waals surface area (Å²) in [5.41, 5.74) is 0.965. The summed E-state index contributed by atoms with van der Waals surface area (Å²) in [5, 5.41) is 12.1. The fraction of sp³-hybridized carbons (Fsp3) is 0.231. The number of benzene rings is 1. The predicted molar refractivity (Wildman–Crippen MR) is 76.9 cm³/mol.